The summed E-state index contributed by atoms with van der Waals surface area (Å²) >= 11 is 0. The molecule has 0 saturated heterocycles. The molecule has 1 aromatic rings. The summed E-state index contributed by atoms with van der Waals surface area (Å²) in [6.07, 6.45) is 8.75. The molecule has 17 heavy (non-hydrogen) atoms. The van der Waals surface area contributed by atoms with Crippen LogP contribution in [0.4, 0.5) is 0 Å². The van der Waals surface area contributed by atoms with Gasteiger partial charge in [-0.1, -0.05) is 12.8 Å². The summed E-state index contributed by atoms with van der Waals surface area (Å²) in [7, 11) is 1.93. The third kappa shape index (κ3) is 2.87. The fourth-order valence-electron chi connectivity index (χ4n) is 2.67. The van der Waals surface area contributed by atoms with E-state index in [2.05, 4.69) is 17.3 Å². The van der Waals surface area contributed by atoms with Crippen LogP contribution in [0.1, 0.15) is 44.2 Å². The Balaban J connectivity index is 1.89. The van der Waals surface area contributed by atoms with Gasteiger partial charge >= 0.3 is 0 Å². The first-order valence-corrected chi connectivity index (χ1v) is 6.48. The standard InChI is InChI=1S/C13H23N3O/c1-11(12-7-15-16(2)8-12)14-9-13(10-17)5-3-4-6-13/h7-8,11,14,17H,3-6,9-10H2,1-2H3. The van der Waals surface area contributed by atoms with Gasteiger partial charge in [0.15, 0.2) is 0 Å². The minimum atomic E-state index is 0.121. The van der Waals surface area contributed by atoms with Crippen molar-refractivity contribution in [3.8, 4) is 0 Å². The number of hydrogen-bond donors (Lipinski definition) is 2. The lowest BCUT2D eigenvalue weighted by Gasteiger charge is -2.28. The Morgan fingerprint density at radius 1 is 1.53 bits per heavy atom. The number of rotatable bonds is 5. The van der Waals surface area contributed by atoms with Crippen LogP contribution >= 0.6 is 0 Å². The molecule has 0 amide bonds. The number of aliphatic hydroxyl groups excluding tert-OH is 1. The molecule has 4 nitrogen and oxygen atoms in total. The molecule has 0 radical (unpaired) electrons. The Morgan fingerprint density at radius 2 is 2.24 bits per heavy atom. The first-order valence-electron chi connectivity index (χ1n) is 6.48. The SMILES string of the molecule is CC(NCC1(CO)CCCC1)c1cnn(C)c1. The van der Waals surface area contributed by atoms with Gasteiger partial charge in [-0.25, -0.2) is 0 Å². The molecule has 0 aliphatic heterocycles. The fourth-order valence-corrected chi connectivity index (χ4v) is 2.67. The van der Waals surface area contributed by atoms with E-state index in [4.69, 9.17) is 0 Å². The van der Waals surface area contributed by atoms with Crippen LogP contribution < -0.4 is 5.32 Å². The van der Waals surface area contributed by atoms with Crippen molar-refractivity contribution in [2.75, 3.05) is 13.2 Å². The van der Waals surface area contributed by atoms with E-state index in [0.717, 1.165) is 19.4 Å². The maximum absolute atomic E-state index is 9.55. The van der Waals surface area contributed by atoms with E-state index in [9.17, 15) is 5.11 Å². The van der Waals surface area contributed by atoms with Crippen LogP contribution in [0, 0.1) is 5.41 Å². The molecule has 96 valence electrons. The number of aromatic nitrogens is 2. The predicted octanol–water partition coefficient (Wildman–Crippen LogP) is 1.62. The van der Waals surface area contributed by atoms with Crippen LogP contribution in [-0.4, -0.2) is 28.0 Å². The zero-order valence-corrected chi connectivity index (χ0v) is 10.8. The third-order valence-corrected chi connectivity index (χ3v) is 4.01. The van der Waals surface area contributed by atoms with Gasteiger partial charge in [0.2, 0.25) is 0 Å². The van der Waals surface area contributed by atoms with Crippen molar-refractivity contribution in [3.63, 3.8) is 0 Å². The normalized spacial score (nSPS) is 20.6. The van der Waals surface area contributed by atoms with E-state index in [1.165, 1.54) is 18.4 Å². The summed E-state index contributed by atoms with van der Waals surface area (Å²) in [4.78, 5) is 0. The molecular formula is C13H23N3O. The maximum atomic E-state index is 9.55. The molecule has 1 aliphatic rings. The Morgan fingerprint density at radius 3 is 2.76 bits per heavy atom. The topological polar surface area (TPSA) is 50.1 Å². The van der Waals surface area contributed by atoms with E-state index >= 15 is 0 Å². The number of nitrogens with one attached hydrogen (secondary N) is 1. The molecule has 0 spiro atoms. The molecule has 1 aliphatic carbocycles. The van der Waals surface area contributed by atoms with Gasteiger partial charge in [0.25, 0.3) is 0 Å². The molecular weight excluding hydrogens is 214 g/mol. The van der Waals surface area contributed by atoms with Crippen molar-refractivity contribution in [2.24, 2.45) is 12.5 Å². The molecule has 0 aromatic carbocycles. The zero-order chi connectivity index (χ0) is 12.3. The first kappa shape index (κ1) is 12.6. The lowest BCUT2D eigenvalue weighted by atomic mass is 9.87. The van der Waals surface area contributed by atoms with Gasteiger partial charge in [-0.15, -0.1) is 0 Å². The van der Waals surface area contributed by atoms with Crippen molar-refractivity contribution in [3.05, 3.63) is 18.0 Å². The Labute approximate surface area is 103 Å². The Kier molecular flexibility index (Phi) is 3.84. The van der Waals surface area contributed by atoms with Gasteiger partial charge in [-0.2, -0.15) is 5.10 Å². The number of aryl methyl sites for hydroxylation is 1. The van der Waals surface area contributed by atoms with E-state index in [-0.39, 0.29) is 5.41 Å². The van der Waals surface area contributed by atoms with Gasteiger partial charge in [0.05, 0.1) is 6.20 Å². The zero-order valence-electron chi connectivity index (χ0n) is 10.8. The summed E-state index contributed by atoms with van der Waals surface area (Å²) in [5.74, 6) is 0. The quantitative estimate of drug-likeness (QED) is 0.818. The smallest absolute Gasteiger partial charge is 0.0537 e. The molecule has 1 atom stereocenters. The van der Waals surface area contributed by atoms with Crippen LogP contribution in [0.3, 0.4) is 0 Å². The molecule has 2 rings (SSSR count). The van der Waals surface area contributed by atoms with E-state index in [0.29, 0.717) is 12.6 Å². The van der Waals surface area contributed by atoms with Crippen molar-refractivity contribution < 1.29 is 5.11 Å². The highest BCUT2D eigenvalue weighted by Gasteiger charge is 2.33. The Bertz CT molecular complexity index is 355. The van der Waals surface area contributed by atoms with Gasteiger partial charge in [-0.3, -0.25) is 4.68 Å². The number of aliphatic hydroxyl groups is 1. The summed E-state index contributed by atoms with van der Waals surface area (Å²) in [6, 6.07) is 0.299. The highest BCUT2D eigenvalue weighted by Crippen LogP contribution is 2.37. The van der Waals surface area contributed by atoms with Crippen LogP contribution in [0.2, 0.25) is 0 Å². The summed E-state index contributed by atoms with van der Waals surface area (Å²) in [6.45, 7) is 3.36. The van der Waals surface area contributed by atoms with Gasteiger partial charge in [0.1, 0.15) is 0 Å². The molecule has 1 unspecified atom stereocenters. The molecule has 1 fully saturated rings. The minimum Gasteiger partial charge on any atom is -0.396 e. The number of hydrogen-bond acceptors (Lipinski definition) is 3. The second-order valence-corrected chi connectivity index (χ2v) is 5.42. The van der Waals surface area contributed by atoms with Crippen molar-refractivity contribution >= 4 is 0 Å². The largest absolute Gasteiger partial charge is 0.396 e. The number of nitrogens with zero attached hydrogens (tertiary/aromatic N) is 2. The van der Waals surface area contributed by atoms with E-state index in [1.54, 1.807) is 0 Å². The van der Waals surface area contributed by atoms with Gasteiger partial charge in [0, 0.05) is 43.4 Å². The highest BCUT2D eigenvalue weighted by atomic mass is 16.3. The van der Waals surface area contributed by atoms with Crippen LogP contribution in [0.25, 0.3) is 0 Å². The summed E-state index contributed by atoms with van der Waals surface area (Å²) < 4.78 is 1.82. The van der Waals surface area contributed by atoms with E-state index < -0.39 is 0 Å². The molecule has 1 heterocycles. The molecule has 0 bridgehead atoms. The van der Waals surface area contributed by atoms with Crippen molar-refractivity contribution in [2.45, 2.75) is 38.6 Å². The molecule has 1 saturated carbocycles. The summed E-state index contributed by atoms with van der Waals surface area (Å²) in [5.41, 5.74) is 1.33. The monoisotopic (exact) mass is 237 g/mol. The van der Waals surface area contributed by atoms with Crippen LogP contribution in [0.15, 0.2) is 12.4 Å². The average molecular weight is 237 g/mol. The van der Waals surface area contributed by atoms with Crippen LogP contribution in [-0.2, 0) is 7.05 Å². The second kappa shape index (κ2) is 5.19. The van der Waals surface area contributed by atoms with Crippen molar-refractivity contribution in [1.29, 1.82) is 0 Å². The molecule has 1 aromatic heterocycles. The summed E-state index contributed by atoms with van der Waals surface area (Å²) in [5, 5.41) is 17.3. The average Bonchev–Trinajstić information content (AvgIpc) is 2.95. The highest BCUT2D eigenvalue weighted by molar-refractivity contribution is 5.09. The Hall–Kier alpha value is -0.870. The van der Waals surface area contributed by atoms with Gasteiger partial charge in [-0.05, 0) is 19.8 Å². The second-order valence-electron chi connectivity index (χ2n) is 5.42. The lowest BCUT2D eigenvalue weighted by Crippen LogP contribution is -2.36. The van der Waals surface area contributed by atoms with Crippen molar-refractivity contribution in [1.82, 2.24) is 15.1 Å². The lowest BCUT2D eigenvalue weighted by molar-refractivity contribution is 0.125. The minimum absolute atomic E-state index is 0.121. The van der Waals surface area contributed by atoms with E-state index in [1.807, 2.05) is 24.1 Å². The molecule has 4 heteroatoms. The van der Waals surface area contributed by atoms with Gasteiger partial charge < -0.3 is 10.4 Å². The first-order chi connectivity index (χ1) is 8.15. The fraction of sp³-hybridized carbons (Fsp3) is 0.769. The van der Waals surface area contributed by atoms with Crippen LogP contribution in [0.5, 0.6) is 0 Å². The predicted molar refractivity (Wildman–Crippen MR) is 67.6 cm³/mol. The maximum Gasteiger partial charge on any atom is 0.0537 e. The molecule has 2 N–H and O–H groups in total. The third-order valence-electron chi connectivity index (χ3n) is 4.01.